The van der Waals surface area contributed by atoms with Crippen LogP contribution < -0.4 is 4.74 Å². The monoisotopic (exact) mass is 739 g/mol. The van der Waals surface area contributed by atoms with Crippen LogP contribution in [0.25, 0.3) is 78.0 Å². The smallest absolute Gasteiger partial charge is 0.164 e. The first-order valence-electron chi connectivity index (χ1n) is 19.7. The van der Waals surface area contributed by atoms with Gasteiger partial charge >= 0.3 is 0 Å². The maximum absolute atomic E-state index is 6.67. The molecule has 0 atom stereocenters. The lowest BCUT2D eigenvalue weighted by atomic mass is 9.66. The standard InChI is InChI=1S/C54H33N3O/c1-3-15-36(16-4-1)51-55-52(37-17-5-2-6-18-37)57-53(56-51)41-20-13-23-47-50(41)43-33-39(38-29-28-35-27-26-34-14-7-8-19-40(34)42(35)32-38)30-31-44(43)54(47)45-21-9-11-24-48(45)58-49-25-12-10-22-46(49)54/h1-33H. The van der Waals surface area contributed by atoms with Crippen LogP contribution in [0.5, 0.6) is 11.5 Å². The van der Waals surface area contributed by atoms with Crippen molar-refractivity contribution in [3.63, 3.8) is 0 Å². The summed E-state index contributed by atoms with van der Waals surface area (Å²) in [4.78, 5) is 15.6. The lowest BCUT2D eigenvalue weighted by Crippen LogP contribution is -2.32. The van der Waals surface area contributed by atoms with Crippen LogP contribution in [0.1, 0.15) is 22.3 Å². The number of para-hydroxylation sites is 2. The van der Waals surface area contributed by atoms with Gasteiger partial charge in [0.2, 0.25) is 0 Å². The normalized spacial score (nSPS) is 13.1. The molecule has 0 unspecified atom stereocenters. The van der Waals surface area contributed by atoms with Gasteiger partial charge in [-0.3, -0.25) is 0 Å². The molecular formula is C54H33N3O. The Morgan fingerprint density at radius 3 is 1.57 bits per heavy atom. The van der Waals surface area contributed by atoms with E-state index in [1.165, 1.54) is 32.7 Å². The molecule has 1 aromatic heterocycles. The molecule has 270 valence electrons. The molecule has 2 aliphatic rings. The van der Waals surface area contributed by atoms with Crippen molar-refractivity contribution in [2.45, 2.75) is 5.41 Å². The molecule has 9 aromatic carbocycles. The van der Waals surface area contributed by atoms with Crippen LogP contribution in [0.3, 0.4) is 0 Å². The number of ether oxygens (including phenoxy) is 1. The summed E-state index contributed by atoms with van der Waals surface area (Å²) in [7, 11) is 0. The van der Waals surface area contributed by atoms with Crippen LogP contribution in [0, 0.1) is 0 Å². The molecule has 1 spiro atoms. The van der Waals surface area contributed by atoms with Gasteiger partial charge in [0.25, 0.3) is 0 Å². The van der Waals surface area contributed by atoms with E-state index >= 15 is 0 Å². The van der Waals surface area contributed by atoms with Crippen LogP contribution in [0.2, 0.25) is 0 Å². The second-order valence-corrected chi connectivity index (χ2v) is 15.1. The van der Waals surface area contributed by atoms with Crippen molar-refractivity contribution in [2.75, 3.05) is 0 Å². The predicted octanol–water partition coefficient (Wildman–Crippen LogP) is 13.3. The highest BCUT2D eigenvalue weighted by Crippen LogP contribution is 2.63. The largest absolute Gasteiger partial charge is 0.457 e. The van der Waals surface area contributed by atoms with Gasteiger partial charge in [-0.2, -0.15) is 0 Å². The van der Waals surface area contributed by atoms with Gasteiger partial charge in [0, 0.05) is 27.8 Å². The van der Waals surface area contributed by atoms with Crippen molar-refractivity contribution >= 4 is 21.5 Å². The highest BCUT2D eigenvalue weighted by Gasteiger charge is 2.51. The fourth-order valence-electron chi connectivity index (χ4n) is 9.43. The Bertz CT molecular complexity index is 3160. The van der Waals surface area contributed by atoms with Crippen LogP contribution >= 0.6 is 0 Å². The van der Waals surface area contributed by atoms with Gasteiger partial charge in [-0.25, -0.2) is 15.0 Å². The zero-order valence-electron chi connectivity index (χ0n) is 31.3. The second-order valence-electron chi connectivity index (χ2n) is 15.1. The van der Waals surface area contributed by atoms with Gasteiger partial charge in [-0.15, -0.1) is 0 Å². The first-order valence-corrected chi connectivity index (χ1v) is 19.7. The maximum Gasteiger partial charge on any atom is 0.164 e. The lowest BCUT2D eigenvalue weighted by Gasteiger charge is -2.39. The average molecular weight is 740 g/mol. The molecule has 0 bridgehead atoms. The van der Waals surface area contributed by atoms with Gasteiger partial charge in [-0.1, -0.05) is 176 Å². The van der Waals surface area contributed by atoms with Gasteiger partial charge in [-0.05, 0) is 79.2 Å². The summed E-state index contributed by atoms with van der Waals surface area (Å²) in [5, 5.41) is 4.96. The molecule has 0 radical (unpaired) electrons. The number of benzene rings is 9. The topological polar surface area (TPSA) is 47.9 Å². The highest BCUT2D eigenvalue weighted by molar-refractivity contribution is 6.09. The number of fused-ring (bicyclic) bond motifs is 12. The van der Waals surface area contributed by atoms with E-state index in [1.54, 1.807) is 0 Å². The van der Waals surface area contributed by atoms with Crippen molar-refractivity contribution < 1.29 is 4.74 Å². The van der Waals surface area contributed by atoms with Crippen LogP contribution in [0.4, 0.5) is 0 Å². The first-order chi connectivity index (χ1) is 28.7. The minimum absolute atomic E-state index is 0.628. The fraction of sp³-hybridized carbons (Fsp3) is 0.0185. The summed E-state index contributed by atoms with van der Waals surface area (Å²) in [5.41, 5.74) is 11.3. The Morgan fingerprint density at radius 2 is 0.862 bits per heavy atom. The summed E-state index contributed by atoms with van der Waals surface area (Å²) >= 11 is 0. The van der Waals surface area contributed by atoms with E-state index in [0.29, 0.717) is 17.5 Å². The first kappa shape index (κ1) is 32.5. The van der Waals surface area contributed by atoms with E-state index in [1.807, 2.05) is 36.4 Å². The van der Waals surface area contributed by atoms with Crippen molar-refractivity contribution in [3.05, 3.63) is 222 Å². The molecule has 1 aliphatic heterocycles. The van der Waals surface area contributed by atoms with Crippen molar-refractivity contribution in [2.24, 2.45) is 0 Å². The number of hydrogen-bond donors (Lipinski definition) is 0. The summed E-state index contributed by atoms with van der Waals surface area (Å²) in [6.07, 6.45) is 0. The van der Waals surface area contributed by atoms with Crippen LogP contribution in [-0.2, 0) is 5.41 Å². The average Bonchev–Trinajstić information content (AvgIpc) is 3.59. The lowest BCUT2D eigenvalue weighted by molar-refractivity contribution is 0.436. The Hall–Kier alpha value is -7.69. The Morgan fingerprint density at radius 1 is 0.328 bits per heavy atom. The molecule has 4 nitrogen and oxygen atoms in total. The minimum Gasteiger partial charge on any atom is -0.457 e. The van der Waals surface area contributed by atoms with Gasteiger partial charge < -0.3 is 4.74 Å². The minimum atomic E-state index is -0.651. The zero-order chi connectivity index (χ0) is 38.2. The van der Waals surface area contributed by atoms with Crippen LogP contribution in [0.15, 0.2) is 200 Å². The summed E-state index contributed by atoms with van der Waals surface area (Å²) in [5.74, 6) is 3.61. The van der Waals surface area contributed by atoms with Gasteiger partial charge in [0.15, 0.2) is 17.5 Å². The van der Waals surface area contributed by atoms with Crippen LogP contribution in [-0.4, -0.2) is 15.0 Å². The third kappa shape index (κ3) is 4.79. The number of nitrogens with zero attached hydrogens (tertiary/aromatic N) is 3. The maximum atomic E-state index is 6.67. The predicted molar refractivity (Wildman–Crippen MR) is 234 cm³/mol. The van der Waals surface area contributed by atoms with E-state index in [-0.39, 0.29) is 0 Å². The molecule has 0 amide bonds. The molecule has 10 aromatic rings. The van der Waals surface area contributed by atoms with E-state index < -0.39 is 5.41 Å². The third-order valence-electron chi connectivity index (χ3n) is 12.0. The number of rotatable bonds is 4. The Kier molecular flexibility index (Phi) is 7.11. The molecule has 12 rings (SSSR count). The van der Waals surface area contributed by atoms with E-state index in [2.05, 4.69) is 164 Å². The molecule has 0 saturated carbocycles. The quantitative estimate of drug-likeness (QED) is 0.169. The number of aromatic nitrogens is 3. The summed E-state index contributed by atoms with van der Waals surface area (Å²) in [6, 6.07) is 70.9. The second kappa shape index (κ2) is 12.7. The van der Waals surface area contributed by atoms with Gasteiger partial charge in [0.05, 0.1) is 5.41 Å². The molecule has 2 heterocycles. The van der Waals surface area contributed by atoms with Gasteiger partial charge in [0.1, 0.15) is 11.5 Å². The Labute approximate surface area is 335 Å². The molecule has 1 aliphatic carbocycles. The highest BCUT2D eigenvalue weighted by atomic mass is 16.5. The zero-order valence-corrected chi connectivity index (χ0v) is 31.3. The van der Waals surface area contributed by atoms with E-state index in [0.717, 1.165) is 61.6 Å². The summed E-state index contributed by atoms with van der Waals surface area (Å²) in [6.45, 7) is 0. The van der Waals surface area contributed by atoms with Crippen molar-refractivity contribution in [1.82, 2.24) is 15.0 Å². The molecular weight excluding hydrogens is 707 g/mol. The molecule has 58 heavy (non-hydrogen) atoms. The molecule has 0 saturated heterocycles. The summed E-state index contributed by atoms with van der Waals surface area (Å²) < 4.78 is 6.67. The Balaban J connectivity index is 1.16. The van der Waals surface area contributed by atoms with E-state index in [9.17, 15) is 0 Å². The molecule has 4 heteroatoms. The van der Waals surface area contributed by atoms with E-state index in [4.69, 9.17) is 19.7 Å². The fourth-order valence-corrected chi connectivity index (χ4v) is 9.43. The van der Waals surface area contributed by atoms with Crippen molar-refractivity contribution in [1.29, 1.82) is 0 Å². The van der Waals surface area contributed by atoms with Crippen molar-refractivity contribution in [3.8, 4) is 67.9 Å². The molecule has 0 fully saturated rings. The SMILES string of the molecule is c1ccc(-c2nc(-c3ccccc3)nc(-c3cccc4c3-c3cc(-c5ccc6ccc7ccccc7c6c5)ccc3C43c4ccccc4Oc4ccccc43)n2)cc1. The number of hydrogen-bond acceptors (Lipinski definition) is 4. The molecule has 0 N–H and O–H groups in total. The third-order valence-corrected chi connectivity index (χ3v) is 12.0.